The summed E-state index contributed by atoms with van der Waals surface area (Å²) in [6, 6.07) is 9.69. The number of hydrogen-bond donors (Lipinski definition) is 2. The van der Waals surface area contributed by atoms with Crippen LogP contribution >= 0.6 is 0 Å². The topological polar surface area (TPSA) is 93.2 Å². The number of amides is 3. The molecule has 0 unspecified atom stereocenters. The number of para-hydroxylation sites is 1. The van der Waals surface area contributed by atoms with Crippen molar-refractivity contribution in [1.29, 1.82) is 0 Å². The van der Waals surface area contributed by atoms with Crippen LogP contribution in [0.2, 0.25) is 0 Å². The van der Waals surface area contributed by atoms with Gasteiger partial charge in [-0.05, 0) is 68.5 Å². The number of benzene rings is 1. The van der Waals surface area contributed by atoms with Crippen LogP contribution in [-0.2, 0) is 9.59 Å². The summed E-state index contributed by atoms with van der Waals surface area (Å²) in [4.78, 5) is 42.1. The number of carbonyl (C=O) groups excluding carboxylic acids is 2. The van der Waals surface area contributed by atoms with Crippen molar-refractivity contribution in [3.05, 3.63) is 30.3 Å². The Kier molecular flexibility index (Phi) is 8.25. The smallest absolute Gasteiger partial charge is 0.475 e. The van der Waals surface area contributed by atoms with Gasteiger partial charge in [-0.2, -0.15) is 13.2 Å². The lowest BCUT2D eigenvalue weighted by Gasteiger charge is -2.44. The maximum atomic E-state index is 13.7. The van der Waals surface area contributed by atoms with Crippen LogP contribution < -0.4 is 5.32 Å². The molecule has 1 aromatic carbocycles. The lowest BCUT2D eigenvalue weighted by atomic mass is 9.65. The molecule has 0 aromatic heterocycles. The molecule has 1 saturated carbocycles. The number of nitrogens with one attached hydrogen (secondary N) is 1. The van der Waals surface area contributed by atoms with E-state index in [-0.39, 0.29) is 16.9 Å². The lowest BCUT2D eigenvalue weighted by molar-refractivity contribution is -0.192. The average Bonchev–Trinajstić information content (AvgIpc) is 3.62. The van der Waals surface area contributed by atoms with Gasteiger partial charge in [0.15, 0.2) is 0 Å². The second kappa shape index (κ2) is 11.1. The molecular formula is C27H37F3N4O4. The number of carboxylic acid groups (broad SMARTS) is 1. The molecule has 0 radical (unpaired) electrons. The highest BCUT2D eigenvalue weighted by atomic mass is 19.4. The molecular weight excluding hydrogens is 501 g/mol. The Labute approximate surface area is 221 Å². The largest absolute Gasteiger partial charge is 0.490 e. The molecule has 3 saturated heterocycles. The first-order valence-corrected chi connectivity index (χ1v) is 13.4. The zero-order valence-electron chi connectivity index (χ0n) is 21.8. The Balaban J connectivity index is 0.000000426. The molecule has 11 heteroatoms. The molecule has 1 aromatic rings. The third-order valence-electron chi connectivity index (χ3n) is 9.00. The van der Waals surface area contributed by atoms with Gasteiger partial charge in [-0.3, -0.25) is 4.79 Å². The fourth-order valence-electron chi connectivity index (χ4n) is 6.96. The molecule has 4 fully saturated rings. The highest BCUT2D eigenvalue weighted by molar-refractivity contribution is 5.89. The first kappa shape index (κ1) is 28.2. The Morgan fingerprint density at radius 2 is 1.58 bits per heavy atom. The summed E-state index contributed by atoms with van der Waals surface area (Å²) in [5.41, 5.74) is 0.871. The van der Waals surface area contributed by atoms with Crippen LogP contribution in [0.4, 0.5) is 23.7 Å². The SMILES string of the molecule is CCN1C[C@H]2C3(CCN(C(=O)Nc4ccccc4)CC3)CC[C@@]2(C(=O)N2CCCC2)C1.O=C(O)C(F)(F)F. The average molecular weight is 539 g/mol. The summed E-state index contributed by atoms with van der Waals surface area (Å²) in [7, 11) is 0. The fraction of sp³-hybridized carbons (Fsp3) is 0.667. The Morgan fingerprint density at radius 1 is 0.974 bits per heavy atom. The van der Waals surface area contributed by atoms with Crippen molar-refractivity contribution in [3.8, 4) is 0 Å². The molecule has 1 aliphatic carbocycles. The zero-order valence-corrected chi connectivity index (χ0v) is 21.8. The molecule has 4 aliphatic rings. The summed E-state index contributed by atoms with van der Waals surface area (Å²) in [6.45, 7) is 8.69. The Bertz CT molecular complexity index is 1010. The highest BCUT2D eigenvalue weighted by Crippen LogP contribution is 2.62. The number of nitrogens with zero attached hydrogens (tertiary/aromatic N) is 3. The number of carbonyl (C=O) groups is 3. The predicted octanol–water partition coefficient (Wildman–Crippen LogP) is 4.29. The van der Waals surface area contributed by atoms with E-state index in [1.807, 2.05) is 35.2 Å². The second-order valence-corrected chi connectivity index (χ2v) is 11.0. The van der Waals surface area contributed by atoms with E-state index in [1.54, 1.807) is 0 Å². The van der Waals surface area contributed by atoms with E-state index >= 15 is 0 Å². The standard InChI is InChI=1S/C25H36N4O2.C2HF3O2/c1-2-27-18-21-24(10-11-25(21,19-27)22(30)28-14-6-7-15-28)12-16-29(17-13-24)23(31)26-20-8-4-3-5-9-20;3-2(4,5)1(6)7/h3-5,8-9,21H,2,6-7,10-19H2,1H3,(H,26,31);(H,6,7)/t21-,25+;/m0./s1. The van der Waals surface area contributed by atoms with Crippen molar-refractivity contribution < 1.29 is 32.7 Å². The highest BCUT2D eigenvalue weighted by Gasteiger charge is 2.64. The van der Waals surface area contributed by atoms with Gasteiger partial charge in [0, 0.05) is 45.0 Å². The van der Waals surface area contributed by atoms with Gasteiger partial charge in [-0.1, -0.05) is 25.1 Å². The number of urea groups is 1. The summed E-state index contributed by atoms with van der Waals surface area (Å²) >= 11 is 0. The number of piperidine rings is 1. The molecule has 3 heterocycles. The first-order chi connectivity index (χ1) is 18.0. The van der Waals surface area contributed by atoms with E-state index in [0.717, 1.165) is 90.0 Å². The van der Waals surface area contributed by atoms with Gasteiger partial charge in [0.1, 0.15) is 0 Å². The van der Waals surface area contributed by atoms with Crippen molar-refractivity contribution in [2.24, 2.45) is 16.7 Å². The normalized spacial score (nSPS) is 26.6. The number of halogens is 3. The number of hydrogen-bond acceptors (Lipinski definition) is 4. The maximum Gasteiger partial charge on any atom is 0.490 e. The van der Waals surface area contributed by atoms with E-state index in [1.165, 1.54) is 0 Å². The minimum atomic E-state index is -5.08. The van der Waals surface area contributed by atoms with E-state index in [0.29, 0.717) is 11.8 Å². The van der Waals surface area contributed by atoms with Crippen LogP contribution in [0.3, 0.4) is 0 Å². The monoisotopic (exact) mass is 538 g/mol. The number of likely N-dealkylation sites (tertiary alicyclic amines) is 3. The fourth-order valence-corrected chi connectivity index (χ4v) is 6.96. The lowest BCUT2D eigenvalue weighted by Crippen LogP contribution is -2.50. The molecule has 8 nitrogen and oxygen atoms in total. The maximum absolute atomic E-state index is 13.7. The van der Waals surface area contributed by atoms with Crippen LogP contribution in [0.15, 0.2) is 30.3 Å². The van der Waals surface area contributed by atoms with Crippen LogP contribution in [0, 0.1) is 16.7 Å². The molecule has 2 N–H and O–H groups in total. The number of anilines is 1. The summed E-state index contributed by atoms with van der Waals surface area (Å²) < 4.78 is 31.7. The van der Waals surface area contributed by atoms with Crippen LogP contribution in [0.5, 0.6) is 0 Å². The molecule has 210 valence electrons. The van der Waals surface area contributed by atoms with Crippen molar-refractivity contribution in [2.75, 3.05) is 51.1 Å². The van der Waals surface area contributed by atoms with Gasteiger partial charge < -0.3 is 25.1 Å². The van der Waals surface area contributed by atoms with Gasteiger partial charge in [-0.25, -0.2) is 9.59 Å². The van der Waals surface area contributed by atoms with E-state index in [2.05, 4.69) is 22.0 Å². The van der Waals surface area contributed by atoms with Crippen molar-refractivity contribution in [2.45, 2.75) is 51.6 Å². The minimum Gasteiger partial charge on any atom is -0.475 e. The van der Waals surface area contributed by atoms with Crippen LogP contribution in [0.25, 0.3) is 0 Å². The van der Waals surface area contributed by atoms with E-state index in [9.17, 15) is 22.8 Å². The number of carboxylic acids is 1. The van der Waals surface area contributed by atoms with Crippen molar-refractivity contribution in [3.63, 3.8) is 0 Å². The summed E-state index contributed by atoms with van der Waals surface area (Å²) in [6.07, 6.45) is 1.43. The zero-order chi connectivity index (χ0) is 27.6. The van der Waals surface area contributed by atoms with E-state index < -0.39 is 12.1 Å². The third kappa shape index (κ3) is 5.62. The first-order valence-electron chi connectivity index (χ1n) is 13.4. The van der Waals surface area contributed by atoms with Crippen LogP contribution in [0.1, 0.15) is 45.4 Å². The second-order valence-electron chi connectivity index (χ2n) is 11.0. The van der Waals surface area contributed by atoms with Gasteiger partial charge in [0.2, 0.25) is 5.91 Å². The van der Waals surface area contributed by atoms with Gasteiger partial charge in [0.25, 0.3) is 0 Å². The number of fused-ring (bicyclic) bond motifs is 2. The minimum absolute atomic E-state index is 0.0000555. The molecule has 5 rings (SSSR count). The molecule has 2 atom stereocenters. The van der Waals surface area contributed by atoms with Crippen LogP contribution in [-0.4, -0.2) is 89.7 Å². The number of rotatable bonds is 3. The summed E-state index contributed by atoms with van der Waals surface area (Å²) in [5, 5.41) is 10.2. The molecule has 3 amide bonds. The molecule has 1 spiro atoms. The van der Waals surface area contributed by atoms with Crippen molar-refractivity contribution in [1.82, 2.24) is 14.7 Å². The Morgan fingerprint density at radius 3 is 2.13 bits per heavy atom. The van der Waals surface area contributed by atoms with E-state index in [4.69, 9.17) is 9.90 Å². The third-order valence-corrected chi connectivity index (χ3v) is 9.00. The predicted molar refractivity (Wildman–Crippen MR) is 135 cm³/mol. The quantitative estimate of drug-likeness (QED) is 0.599. The number of aliphatic carboxylic acids is 1. The molecule has 0 bridgehead atoms. The van der Waals surface area contributed by atoms with Gasteiger partial charge in [0.05, 0.1) is 5.41 Å². The Hall–Kier alpha value is -2.82. The molecule has 38 heavy (non-hydrogen) atoms. The van der Waals surface area contributed by atoms with Crippen molar-refractivity contribution >= 4 is 23.6 Å². The molecule has 3 aliphatic heterocycles. The van der Waals surface area contributed by atoms with Gasteiger partial charge in [-0.15, -0.1) is 0 Å². The summed E-state index contributed by atoms with van der Waals surface area (Å²) in [5.74, 6) is -1.88. The number of alkyl halides is 3. The van der Waals surface area contributed by atoms with Gasteiger partial charge >= 0.3 is 18.2 Å².